The first-order valence-corrected chi connectivity index (χ1v) is 12.7. The molecule has 0 unspecified atom stereocenters. The number of aromatic nitrogens is 1. The van der Waals surface area contributed by atoms with Gasteiger partial charge in [0.1, 0.15) is 23.1 Å². The summed E-state index contributed by atoms with van der Waals surface area (Å²) in [6.07, 6.45) is 3.65. The number of hydrogen-bond donors (Lipinski definition) is 1. The molecule has 2 aromatic rings. The fourth-order valence-electron chi connectivity index (χ4n) is 3.07. The van der Waals surface area contributed by atoms with Crippen LogP contribution in [0.1, 0.15) is 57.0 Å². The molecule has 2 amide bonds. The summed E-state index contributed by atoms with van der Waals surface area (Å²) in [5, 5.41) is 2.59. The standard InChI is InChI=1S/C27H37N3O6S/c1-26(2,3)35-24(32)29-21(23(31)34-8)17-20-16-15-19(37-20)13-9-11-18-12-10-14-22(28-18)30(7)25(33)36-27(4,5)6/h9-10,12-16,21H,11,17H2,1-8H3,(H,29,32)/t21-/m0/s1. The number of hydrogen-bond acceptors (Lipinski definition) is 8. The van der Waals surface area contributed by atoms with Crippen molar-refractivity contribution in [2.24, 2.45) is 0 Å². The van der Waals surface area contributed by atoms with E-state index >= 15 is 0 Å². The molecule has 1 atom stereocenters. The lowest BCUT2D eigenvalue weighted by Crippen LogP contribution is -2.45. The summed E-state index contributed by atoms with van der Waals surface area (Å²) in [5.41, 5.74) is -0.465. The van der Waals surface area contributed by atoms with Crippen molar-refractivity contribution in [2.75, 3.05) is 19.1 Å². The highest BCUT2D eigenvalue weighted by molar-refractivity contribution is 7.12. The zero-order valence-electron chi connectivity index (χ0n) is 22.8. The summed E-state index contributed by atoms with van der Waals surface area (Å²) >= 11 is 1.51. The molecule has 2 rings (SSSR count). The van der Waals surface area contributed by atoms with Crippen molar-refractivity contribution in [3.8, 4) is 0 Å². The zero-order chi connectivity index (χ0) is 27.8. The van der Waals surface area contributed by atoms with Gasteiger partial charge in [-0.05, 0) is 71.9 Å². The summed E-state index contributed by atoms with van der Waals surface area (Å²) < 4.78 is 15.5. The van der Waals surface area contributed by atoms with Crippen LogP contribution in [0.5, 0.6) is 0 Å². The monoisotopic (exact) mass is 531 g/mol. The predicted octanol–water partition coefficient (Wildman–Crippen LogP) is 5.38. The van der Waals surface area contributed by atoms with E-state index in [4.69, 9.17) is 14.2 Å². The fraction of sp³-hybridized carbons (Fsp3) is 0.481. The minimum absolute atomic E-state index is 0.283. The summed E-state index contributed by atoms with van der Waals surface area (Å²) in [6.45, 7) is 10.7. The molecule has 2 aromatic heterocycles. The summed E-state index contributed by atoms with van der Waals surface area (Å²) in [7, 11) is 2.91. The number of thiophene rings is 1. The smallest absolute Gasteiger partial charge is 0.415 e. The number of nitrogens with one attached hydrogen (secondary N) is 1. The first kappa shape index (κ1) is 29.8. The van der Waals surface area contributed by atoms with Gasteiger partial charge in [0.2, 0.25) is 0 Å². The maximum absolute atomic E-state index is 12.3. The van der Waals surface area contributed by atoms with Gasteiger partial charge in [-0.15, -0.1) is 11.3 Å². The molecule has 9 nitrogen and oxygen atoms in total. The Morgan fingerprint density at radius 2 is 1.73 bits per heavy atom. The van der Waals surface area contributed by atoms with Crippen molar-refractivity contribution in [3.63, 3.8) is 0 Å². The van der Waals surface area contributed by atoms with Crippen molar-refractivity contribution in [1.82, 2.24) is 10.3 Å². The van der Waals surface area contributed by atoms with E-state index in [0.717, 1.165) is 15.4 Å². The topological polar surface area (TPSA) is 107 Å². The van der Waals surface area contributed by atoms with Crippen LogP contribution in [0, 0.1) is 0 Å². The lowest BCUT2D eigenvalue weighted by Gasteiger charge is -2.24. The Morgan fingerprint density at radius 3 is 2.35 bits per heavy atom. The van der Waals surface area contributed by atoms with E-state index in [1.165, 1.54) is 23.3 Å². The number of methoxy groups -OCH3 is 1. The maximum Gasteiger partial charge on any atom is 0.415 e. The first-order chi connectivity index (χ1) is 17.2. The van der Waals surface area contributed by atoms with Crippen LogP contribution in [0.3, 0.4) is 0 Å². The molecule has 0 saturated heterocycles. The Bertz CT molecular complexity index is 1110. The Hall–Kier alpha value is -3.40. The quantitative estimate of drug-likeness (QED) is 0.360. The van der Waals surface area contributed by atoms with Crippen molar-refractivity contribution in [3.05, 3.63) is 51.9 Å². The highest BCUT2D eigenvalue weighted by Crippen LogP contribution is 2.21. The molecule has 0 spiro atoms. The molecule has 10 heteroatoms. The molecular weight excluding hydrogens is 494 g/mol. The molecular formula is C27H37N3O6S. The molecule has 0 saturated carbocycles. The lowest BCUT2D eigenvalue weighted by atomic mass is 10.2. The molecule has 0 fully saturated rings. The summed E-state index contributed by atoms with van der Waals surface area (Å²) in [6, 6.07) is 8.49. The largest absolute Gasteiger partial charge is 0.467 e. The first-order valence-electron chi connectivity index (χ1n) is 11.9. The van der Waals surface area contributed by atoms with Crippen LogP contribution < -0.4 is 10.2 Å². The normalized spacial score (nSPS) is 12.6. The van der Waals surface area contributed by atoms with E-state index in [9.17, 15) is 14.4 Å². The van der Waals surface area contributed by atoms with Crippen LogP contribution in [-0.2, 0) is 31.8 Å². The van der Waals surface area contributed by atoms with Crippen molar-refractivity contribution >= 4 is 41.4 Å². The average molecular weight is 532 g/mol. The molecule has 0 radical (unpaired) electrons. The van der Waals surface area contributed by atoms with E-state index in [1.807, 2.05) is 57.2 Å². The van der Waals surface area contributed by atoms with Crippen LogP contribution in [0.25, 0.3) is 6.08 Å². The van der Waals surface area contributed by atoms with Crippen molar-refractivity contribution in [1.29, 1.82) is 0 Å². The Labute approximate surface area is 222 Å². The number of amides is 2. The lowest BCUT2D eigenvalue weighted by molar-refractivity contribution is -0.143. The van der Waals surface area contributed by atoms with Gasteiger partial charge in [-0.2, -0.15) is 0 Å². The number of carbonyl (C=O) groups is 3. The highest BCUT2D eigenvalue weighted by atomic mass is 32.1. The minimum atomic E-state index is -0.857. The molecule has 0 aliphatic carbocycles. The number of pyridine rings is 1. The number of anilines is 1. The number of alkyl carbamates (subject to hydrolysis) is 1. The Kier molecular flexibility index (Phi) is 10.2. The third-order valence-electron chi connectivity index (χ3n) is 4.68. The minimum Gasteiger partial charge on any atom is -0.467 e. The van der Waals surface area contributed by atoms with E-state index in [1.54, 1.807) is 33.9 Å². The van der Waals surface area contributed by atoms with Crippen LogP contribution in [0.15, 0.2) is 36.4 Å². The van der Waals surface area contributed by atoms with Crippen LogP contribution in [0.2, 0.25) is 0 Å². The summed E-state index contributed by atoms with van der Waals surface area (Å²) in [5.74, 6) is -0.0384. The molecule has 202 valence electrons. The number of allylic oxidation sites excluding steroid dienone is 1. The van der Waals surface area contributed by atoms with Gasteiger partial charge in [0.25, 0.3) is 0 Å². The third-order valence-corrected chi connectivity index (χ3v) is 5.75. The summed E-state index contributed by atoms with van der Waals surface area (Å²) in [4.78, 5) is 44.5. The van der Waals surface area contributed by atoms with Crippen LogP contribution >= 0.6 is 11.3 Å². The second kappa shape index (κ2) is 12.7. The molecule has 0 bridgehead atoms. The van der Waals surface area contributed by atoms with Gasteiger partial charge in [-0.25, -0.2) is 19.4 Å². The Balaban J connectivity index is 2.01. The number of esters is 1. The van der Waals surface area contributed by atoms with E-state index in [-0.39, 0.29) is 6.42 Å². The second-order valence-corrected chi connectivity index (χ2v) is 11.6. The Morgan fingerprint density at radius 1 is 1.05 bits per heavy atom. The molecule has 2 heterocycles. The van der Waals surface area contributed by atoms with E-state index < -0.39 is 35.4 Å². The number of nitrogens with zero attached hydrogens (tertiary/aromatic N) is 2. The molecule has 0 aromatic carbocycles. The predicted molar refractivity (Wildman–Crippen MR) is 145 cm³/mol. The highest BCUT2D eigenvalue weighted by Gasteiger charge is 2.26. The van der Waals surface area contributed by atoms with Crippen molar-refractivity contribution < 1.29 is 28.6 Å². The van der Waals surface area contributed by atoms with Crippen LogP contribution in [-0.4, -0.2) is 54.5 Å². The second-order valence-electron chi connectivity index (χ2n) is 10.4. The zero-order valence-corrected chi connectivity index (χ0v) is 23.6. The van der Waals surface area contributed by atoms with Crippen molar-refractivity contribution in [2.45, 2.75) is 71.6 Å². The van der Waals surface area contributed by atoms with Gasteiger partial charge < -0.3 is 19.5 Å². The van der Waals surface area contributed by atoms with Gasteiger partial charge in [0.05, 0.1) is 7.11 Å². The van der Waals surface area contributed by atoms with Gasteiger partial charge in [-0.3, -0.25) is 4.90 Å². The van der Waals surface area contributed by atoms with Gasteiger partial charge in [-0.1, -0.05) is 12.1 Å². The number of rotatable bonds is 8. The van der Waals surface area contributed by atoms with Gasteiger partial charge in [0.15, 0.2) is 0 Å². The van der Waals surface area contributed by atoms with Gasteiger partial charge >= 0.3 is 18.2 Å². The fourth-order valence-corrected chi connectivity index (χ4v) is 4.06. The van der Waals surface area contributed by atoms with Crippen LogP contribution in [0.4, 0.5) is 15.4 Å². The van der Waals surface area contributed by atoms with E-state index in [2.05, 4.69) is 10.3 Å². The average Bonchev–Trinajstić information content (AvgIpc) is 3.22. The number of ether oxygens (including phenoxy) is 3. The van der Waals surface area contributed by atoms with E-state index in [0.29, 0.717) is 12.2 Å². The number of carbonyl (C=O) groups excluding carboxylic acids is 3. The molecule has 37 heavy (non-hydrogen) atoms. The maximum atomic E-state index is 12.3. The van der Waals surface area contributed by atoms with Gasteiger partial charge in [0, 0.05) is 35.3 Å². The molecule has 0 aliphatic heterocycles. The molecule has 0 aliphatic rings. The molecule has 1 N–H and O–H groups in total. The third kappa shape index (κ3) is 10.6. The SMILES string of the molecule is COC(=O)[C@H](Cc1ccc(C=CCc2cccc(N(C)C(=O)OC(C)(C)C)n2)s1)NC(=O)OC(C)(C)C.